The average Bonchev–Trinajstić information content (AvgIpc) is 2.76. The molecule has 0 aromatic carbocycles. The van der Waals surface area contributed by atoms with Crippen LogP contribution in [0.4, 0.5) is 0 Å². The van der Waals surface area contributed by atoms with E-state index in [2.05, 4.69) is 43.0 Å². The van der Waals surface area contributed by atoms with Crippen molar-refractivity contribution >= 4 is 4.82 Å². The molecular weight excluding hydrogens is 275 g/mol. The quantitative estimate of drug-likeness (QED) is 0.494. The molecule has 0 saturated heterocycles. The minimum atomic E-state index is -1.30. The molecule has 16 heavy (non-hydrogen) atoms. The van der Waals surface area contributed by atoms with Crippen molar-refractivity contribution < 1.29 is 42.2 Å². The third-order valence-corrected chi connectivity index (χ3v) is 6.57. The Labute approximate surface area is 116 Å². The normalized spacial score (nSPS) is 17.1. The Morgan fingerprint density at radius 3 is 2.31 bits per heavy atom. The number of halogens is 2. The Morgan fingerprint density at radius 2 is 1.88 bits per heavy atom. The maximum atomic E-state index is 4.43. The van der Waals surface area contributed by atoms with Gasteiger partial charge in [0.25, 0.3) is 0 Å². The van der Waals surface area contributed by atoms with Gasteiger partial charge in [-0.2, -0.15) is 0 Å². The van der Waals surface area contributed by atoms with Gasteiger partial charge in [0.2, 0.25) is 0 Å². The Kier molecular flexibility index (Phi) is 6.81. The van der Waals surface area contributed by atoms with Crippen LogP contribution in [0.3, 0.4) is 0 Å². The minimum Gasteiger partial charge on any atom is -1.00 e. The van der Waals surface area contributed by atoms with E-state index >= 15 is 0 Å². The average molecular weight is 291 g/mol. The van der Waals surface area contributed by atoms with Gasteiger partial charge in [0.15, 0.2) is 0 Å². The summed E-state index contributed by atoms with van der Waals surface area (Å²) in [5.74, 6) is 0. The monoisotopic (exact) mass is 290 g/mol. The summed E-state index contributed by atoms with van der Waals surface area (Å²) in [5.41, 5.74) is 3.01. The second kappa shape index (κ2) is 6.76. The molecule has 0 unspecified atom stereocenters. The number of hydrogen-bond acceptors (Lipinski definition) is 0. The first-order chi connectivity index (χ1) is 6.68. The minimum absolute atomic E-state index is 0. The number of rotatable bonds is 2. The fourth-order valence-corrected chi connectivity index (χ4v) is 4.97. The van der Waals surface area contributed by atoms with Crippen LogP contribution in [0.2, 0.25) is 0 Å². The van der Waals surface area contributed by atoms with Crippen LogP contribution in [0.15, 0.2) is 43.2 Å². The van der Waals surface area contributed by atoms with Crippen molar-refractivity contribution in [2.24, 2.45) is 0 Å². The van der Waals surface area contributed by atoms with Crippen molar-refractivity contribution in [1.29, 1.82) is 0 Å². The molecular formula is C13H16Cl2Ti. The van der Waals surface area contributed by atoms with Crippen LogP contribution in [-0.2, 0) is 17.4 Å². The van der Waals surface area contributed by atoms with Crippen molar-refractivity contribution in [2.75, 3.05) is 0 Å². The van der Waals surface area contributed by atoms with E-state index in [4.69, 9.17) is 0 Å². The molecule has 0 bridgehead atoms. The standard InChI is InChI=1S/C7H9.C5H5.CH2.2ClH.Ti/c1-6-4-3-5-7(6)2;1-2-4-5-3-1;;;;/h4H,5H2,1-2H3;1-3H,4H2;1H2;2*1H;/q;;;;;+2/p-2. The number of allylic oxidation sites excluding steroid dienone is 8. The van der Waals surface area contributed by atoms with E-state index in [1.807, 2.05) is 0 Å². The van der Waals surface area contributed by atoms with E-state index in [9.17, 15) is 0 Å². The molecule has 0 N–H and O–H groups in total. The smallest absolute Gasteiger partial charge is 1.00 e. The number of hydrogen-bond donors (Lipinski definition) is 0. The summed E-state index contributed by atoms with van der Waals surface area (Å²) < 4.78 is 3.27. The van der Waals surface area contributed by atoms with Crippen LogP contribution in [0.1, 0.15) is 26.7 Å². The van der Waals surface area contributed by atoms with E-state index < -0.39 is 17.4 Å². The molecule has 2 aliphatic carbocycles. The molecule has 2 rings (SSSR count). The van der Waals surface area contributed by atoms with Crippen molar-refractivity contribution in [3.05, 3.63) is 43.2 Å². The van der Waals surface area contributed by atoms with Crippen LogP contribution >= 0.6 is 0 Å². The Morgan fingerprint density at radius 1 is 1.19 bits per heavy atom. The molecule has 0 aromatic heterocycles. The van der Waals surface area contributed by atoms with E-state index in [1.54, 1.807) is 13.3 Å². The Balaban J connectivity index is 0.00000112. The summed E-state index contributed by atoms with van der Waals surface area (Å²) in [6.07, 6.45) is 11.4. The Hall–Kier alpha value is 0.124. The molecule has 0 atom stereocenters. The fourth-order valence-electron chi connectivity index (χ4n) is 1.93. The maximum absolute atomic E-state index is 4.43. The molecule has 0 radical (unpaired) electrons. The third-order valence-electron chi connectivity index (χ3n) is 3.07. The zero-order chi connectivity index (χ0) is 10.1. The molecule has 0 amide bonds. The topological polar surface area (TPSA) is 0 Å². The molecule has 0 saturated carbocycles. The summed E-state index contributed by atoms with van der Waals surface area (Å²) in [7, 11) is 0. The summed E-state index contributed by atoms with van der Waals surface area (Å²) in [6, 6.07) is 0. The van der Waals surface area contributed by atoms with Gasteiger partial charge < -0.3 is 24.8 Å². The predicted octanol–water partition coefficient (Wildman–Crippen LogP) is -2.49. The summed E-state index contributed by atoms with van der Waals surface area (Å²) in [5, 5.41) is 0. The molecule has 0 aliphatic heterocycles. The molecule has 0 fully saturated rings. The van der Waals surface area contributed by atoms with Gasteiger partial charge in [-0.05, 0) is 0 Å². The summed E-state index contributed by atoms with van der Waals surface area (Å²) >= 11 is -1.30. The van der Waals surface area contributed by atoms with E-state index in [0.717, 1.165) is 6.42 Å². The third kappa shape index (κ3) is 3.31. The van der Waals surface area contributed by atoms with Crippen LogP contribution in [-0.4, -0.2) is 4.82 Å². The zero-order valence-electron chi connectivity index (χ0n) is 9.69. The van der Waals surface area contributed by atoms with E-state index in [-0.39, 0.29) is 24.8 Å². The molecule has 0 spiro atoms. The van der Waals surface area contributed by atoms with Gasteiger partial charge in [-0.3, -0.25) is 0 Å². The van der Waals surface area contributed by atoms with E-state index in [0.29, 0.717) is 0 Å². The summed E-state index contributed by atoms with van der Waals surface area (Å²) in [6.45, 7) is 4.46. The molecule has 0 aromatic rings. The molecule has 86 valence electrons. The largest absolute Gasteiger partial charge is 1.00 e. The van der Waals surface area contributed by atoms with Gasteiger partial charge in [-0.25, -0.2) is 0 Å². The zero-order valence-corrected chi connectivity index (χ0v) is 12.8. The SMILES string of the molecule is [CH2]=[Ti+2]([C]1=CC=CC1)[C]1=CC(C)=C(C)C1.[Cl-].[Cl-]. The molecule has 0 heterocycles. The van der Waals surface area contributed by atoms with Crippen molar-refractivity contribution in [1.82, 2.24) is 0 Å². The van der Waals surface area contributed by atoms with Crippen LogP contribution in [0.25, 0.3) is 0 Å². The molecule has 0 nitrogen and oxygen atoms in total. The first-order valence-electron chi connectivity index (χ1n) is 5.11. The second-order valence-electron chi connectivity index (χ2n) is 4.11. The molecule has 3 heteroatoms. The molecule has 2 aliphatic rings. The van der Waals surface area contributed by atoms with Gasteiger partial charge in [-0.1, -0.05) is 0 Å². The maximum Gasteiger partial charge on any atom is -1.00 e. The first kappa shape index (κ1) is 16.1. The van der Waals surface area contributed by atoms with Gasteiger partial charge >= 0.3 is 92.1 Å². The van der Waals surface area contributed by atoms with Gasteiger partial charge in [-0.15, -0.1) is 0 Å². The first-order valence-corrected chi connectivity index (χ1v) is 7.77. The second-order valence-corrected chi connectivity index (χ2v) is 7.61. The van der Waals surface area contributed by atoms with Crippen molar-refractivity contribution in [3.8, 4) is 0 Å². The Bertz CT molecular complexity index is 412. The van der Waals surface area contributed by atoms with Crippen LogP contribution < -0.4 is 24.8 Å². The van der Waals surface area contributed by atoms with E-state index in [1.165, 1.54) is 12.0 Å². The van der Waals surface area contributed by atoms with Gasteiger partial charge in [0, 0.05) is 0 Å². The summed E-state index contributed by atoms with van der Waals surface area (Å²) in [4.78, 5) is 4.43. The predicted molar refractivity (Wildman–Crippen MR) is 60.0 cm³/mol. The van der Waals surface area contributed by atoms with Crippen LogP contribution in [0, 0.1) is 0 Å². The van der Waals surface area contributed by atoms with Gasteiger partial charge in [0.1, 0.15) is 0 Å². The van der Waals surface area contributed by atoms with Crippen molar-refractivity contribution in [3.63, 3.8) is 0 Å². The fraction of sp³-hybridized carbons (Fsp3) is 0.308. The van der Waals surface area contributed by atoms with Gasteiger partial charge in [0.05, 0.1) is 0 Å². The van der Waals surface area contributed by atoms with Crippen LogP contribution in [0.5, 0.6) is 0 Å². The van der Waals surface area contributed by atoms with Crippen molar-refractivity contribution in [2.45, 2.75) is 26.7 Å².